The fourth-order valence-electron chi connectivity index (χ4n) is 3.27. The molecule has 152 valence electrons. The zero-order valence-electron chi connectivity index (χ0n) is 15.2. The molecule has 0 bridgehead atoms. The van der Waals surface area contributed by atoms with Crippen molar-refractivity contribution in [2.24, 2.45) is 7.05 Å². The van der Waals surface area contributed by atoms with E-state index in [-0.39, 0.29) is 18.9 Å². The molecule has 1 aromatic carbocycles. The summed E-state index contributed by atoms with van der Waals surface area (Å²) in [6.07, 6.45) is -3.79. The maximum Gasteiger partial charge on any atom is 0.425 e. The van der Waals surface area contributed by atoms with E-state index >= 15 is 0 Å². The van der Waals surface area contributed by atoms with Crippen molar-refractivity contribution in [1.29, 1.82) is 0 Å². The third-order valence-corrected chi connectivity index (χ3v) is 4.89. The van der Waals surface area contributed by atoms with Crippen molar-refractivity contribution in [3.05, 3.63) is 48.3 Å². The molecule has 1 unspecified atom stereocenters. The number of nitrogens with zero attached hydrogens (tertiary/aromatic N) is 4. The molecule has 28 heavy (non-hydrogen) atoms. The lowest BCUT2D eigenvalue weighted by atomic mass is 9.96. The largest absolute Gasteiger partial charge is 0.425 e. The SMILES string of the molecule is Cn1ccnc1C(O)(CC(=O)N1CCN(c2ccc(F)cc2)CC1)C(F)(F)F. The van der Waals surface area contributed by atoms with Gasteiger partial charge in [0.1, 0.15) is 5.82 Å². The lowest BCUT2D eigenvalue weighted by molar-refractivity contribution is -0.272. The molecule has 0 spiro atoms. The van der Waals surface area contributed by atoms with Crippen LogP contribution >= 0.6 is 0 Å². The lowest BCUT2D eigenvalue weighted by Gasteiger charge is -2.38. The second-order valence-corrected chi connectivity index (χ2v) is 6.74. The number of amides is 1. The van der Waals surface area contributed by atoms with Crippen LogP contribution in [0.4, 0.5) is 23.2 Å². The standard InChI is InChI=1S/C18H20F4N4O2/c1-24-7-6-23-16(24)17(28,18(20,21)22)12-15(27)26-10-8-25(9-11-26)14-4-2-13(19)3-5-14/h2-7,28H,8-12H2,1H3. The summed E-state index contributed by atoms with van der Waals surface area (Å²) in [6.45, 7) is 1.18. The fraction of sp³-hybridized carbons (Fsp3) is 0.444. The second kappa shape index (κ2) is 7.42. The number of benzene rings is 1. The molecule has 0 radical (unpaired) electrons. The number of hydrogen-bond donors (Lipinski definition) is 1. The van der Waals surface area contributed by atoms with E-state index in [0.717, 1.165) is 16.5 Å². The van der Waals surface area contributed by atoms with Crippen molar-refractivity contribution in [1.82, 2.24) is 14.5 Å². The molecule has 3 rings (SSSR count). The van der Waals surface area contributed by atoms with Gasteiger partial charge in [0, 0.05) is 51.3 Å². The van der Waals surface area contributed by atoms with Crippen LogP contribution in [-0.2, 0) is 17.4 Å². The molecule has 0 aliphatic carbocycles. The summed E-state index contributed by atoms with van der Waals surface area (Å²) in [7, 11) is 1.32. The number of rotatable bonds is 4. The second-order valence-electron chi connectivity index (χ2n) is 6.74. The summed E-state index contributed by atoms with van der Waals surface area (Å²) in [5.74, 6) is -1.79. The van der Waals surface area contributed by atoms with Gasteiger partial charge in [0.25, 0.3) is 0 Å². The van der Waals surface area contributed by atoms with Crippen molar-refractivity contribution >= 4 is 11.6 Å². The van der Waals surface area contributed by atoms with Crippen LogP contribution in [-0.4, -0.2) is 57.8 Å². The normalized spacial score (nSPS) is 17.5. The zero-order valence-corrected chi connectivity index (χ0v) is 15.2. The molecule has 1 aromatic heterocycles. The van der Waals surface area contributed by atoms with Crippen LogP contribution in [0.15, 0.2) is 36.7 Å². The number of alkyl halides is 3. The number of imidazole rings is 1. The smallest absolute Gasteiger partial charge is 0.374 e. The number of anilines is 1. The minimum atomic E-state index is -5.06. The average Bonchev–Trinajstić information content (AvgIpc) is 3.08. The molecule has 2 aromatic rings. The molecule has 6 nitrogen and oxygen atoms in total. The van der Waals surface area contributed by atoms with E-state index in [0.29, 0.717) is 13.1 Å². The van der Waals surface area contributed by atoms with Crippen molar-refractivity contribution in [3.8, 4) is 0 Å². The molecule has 10 heteroatoms. The van der Waals surface area contributed by atoms with E-state index < -0.39 is 29.9 Å². The molecule has 2 heterocycles. The van der Waals surface area contributed by atoms with Crippen LogP contribution in [0, 0.1) is 5.82 Å². The Balaban J connectivity index is 1.69. The van der Waals surface area contributed by atoms with Gasteiger partial charge in [-0.2, -0.15) is 13.2 Å². The van der Waals surface area contributed by atoms with Gasteiger partial charge in [-0.15, -0.1) is 0 Å². The number of carbonyl (C=O) groups excluding carboxylic acids is 1. The minimum Gasteiger partial charge on any atom is -0.374 e. The van der Waals surface area contributed by atoms with Gasteiger partial charge in [-0.1, -0.05) is 0 Å². The predicted molar refractivity (Wildman–Crippen MR) is 93.0 cm³/mol. The fourth-order valence-corrected chi connectivity index (χ4v) is 3.27. The van der Waals surface area contributed by atoms with E-state index in [9.17, 15) is 27.5 Å². The van der Waals surface area contributed by atoms with E-state index in [2.05, 4.69) is 4.98 Å². The highest BCUT2D eigenvalue weighted by Gasteiger charge is 2.59. The number of halogens is 4. The van der Waals surface area contributed by atoms with Crippen LogP contribution in [0.5, 0.6) is 0 Å². The Morgan fingerprint density at radius 1 is 1.14 bits per heavy atom. The first kappa shape index (κ1) is 20.1. The van der Waals surface area contributed by atoms with E-state index in [1.165, 1.54) is 30.3 Å². The molecule has 1 aliphatic rings. The van der Waals surface area contributed by atoms with Crippen molar-refractivity contribution in [2.75, 3.05) is 31.1 Å². The molecule has 0 saturated carbocycles. The molecule has 1 N–H and O–H groups in total. The Kier molecular flexibility index (Phi) is 5.33. The first-order valence-corrected chi connectivity index (χ1v) is 8.67. The monoisotopic (exact) mass is 400 g/mol. The van der Waals surface area contributed by atoms with Gasteiger partial charge in [-0.25, -0.2) is 9.37 Å². The van der Waals surface area contributed by atoms with E-state index in [1.54, 1.807) is 12.1 Å². The van der Waals surface area contributed by atoms with Gasteiger partial charge in [-0.05, 0) is 24.3 Å². The van der Waals surface area contributed by atoms with Crippen LogP contribution in [0.1, 0.15) is 12.2 Å². The predicted octanol–water partition coefficient (Wildman–Crippen LogP) is 2.05. The quantitative estimate of drug-likeness (QED) is 0.799. The Morgan fingerprint density at radius 3 is 2.25 bits per heavy atom. The Bertz CT molecular complexity index is 829. The van der Waals surface area contributed by atoms with Crippen LogP contribution in [0.3, 0.4) is 0 Å². The van der Waals surface area contributed by atoms with Gasteiger partial charge < -0.3 is 19.5 Å². The number of piperazine rings is 1. The number of aliphatic hydroxyl groups is 1. The zero-order chi connectivity index (χ0) is 20.5. The van der Waals surface area contributed by atoms with E-state index in [1.807, 2.05) is 4.90 Å². The molecular formula is C18H20F4N4O2. The van der Waals surface area contributed by atoms with Gasteiger partial charge in [0.2, 0.25) is 11.5 Å². The lowest BCUT2D eigenvalue weighted by Crippen LogP contribution is -2.53. The number of aromatic nitrogens is 2. The van der Waals surface area contributed by atoms with Crippen LogP contribution in [0.2, 0.25) is 0 Å². The maximum atomic E-state index is 13.6. The van der Waals surface area contributed by atoms with Crippen molar-refractivity contribution < 1.29 is 27.5 Å². The number of aryl methyl sites for hydroxylation is 1. The summed E-state index contributed by atoms with van der Waals surface area (Å²) < 4.78 is 54.8. The third kappa shape index (κ3) is 3.82. The first-order valence-electron chi connectivity index (χ1n) is 8.67. The highest BCUT2D eigenvalue weighted by Crippen LogP contribution is 2.41. The number of hydrogen-bond acceptors (Lipinski definition) is 4. The van der Waals surface area contributed by atoms with E-state index in [4.69, 9.17) is 0 Å². The Labute approximate surface area is 159 Å². The van der Waals surface area contributed by atoms with Crippen LogP contribution in [0.25, 0.3) is 0 Å². The molecule has 1 aliphatic heterocycles. The van der Waals surface area contributed by atoms with Gasteiger partial charge in [0.05, 0.1) is 6.42 Å². The highest BCUT2D eigenvalue weighted by atomic mass is 19.4. The van der Waals surface area contributed by atoms with Crippen molar-refractivity contribution in [2.45, 2.75) is 18.2 Å². The van der Waals surface area contributed by atoms with Gasteiger partial charge in [-0.3, -0.25) is 4.79 Å². The summed E-state index contributed by atoms with van der Waals surface area (Å²) in [5.41, 5.74) is -2.59. The molecule has 1 fully saturated rings. The Hall–Kier alpha value is -2.62. The number of carbonyl (C=O) groups is 1. The summed E-state index contributed by atoms with van der Waals surface area (Å²) in [4.78, 5) is 19.3. The summed E-state index contributed by atoms with van der Waals surface area (Å²) in [6, 6.07) is 5.86. The minimum absolute atomic E-state index is 0.199. The topological polar surface area (TPSA) is 61.6 Å². The molecule has 1 saturated heterocycles. The average molecular weight is 400 g/mol. The first-order chi connectivity index (χ1) is 13.1. The summed E-state index contributed by atoms with van der Waals surface area (Å²) in [5, 5.41) is 10.3. The maximum absolute atomic E-state index is 13.6. The van der Waals surface area contributed by atoms with Crippen molar-refractivity contribution in [3.63, 3.8) is 0 Å². The van der Waals surface area contributed by atoms with Gasteiger partial charge >= 0.3 is 6.18 Å². The van der Waals surface area contributed by atoms with Gasteiger partial charge in [0.15, 0.2) is 5.82 Å². The molecule has 1 atom stereocenters. The van der Waals surface area contributed by atoms with Crippen LogP contribution < -0.4 is 4.90 Å². The molecule has 1 amide bonds. The summed E-state index contributed by atoms with van der Waals surface area (Å²) >= 11 is 0. The third-order valence-electron chi connectivity index (χ3n) is 4.89. The Morgan fingerprint density at radius 2 is 1.75 bits per heavy atom. The molecular weight excluding hydrogens is 380 g/mol. The highest BCUT2D eigenvalue weighted by molar-refractivity contribution is 5.78.